The van der Waals surface area contributed by atoms with Crippen LogP contribution in [0.4, 0.5) is 0 Å². The molecule has 8 atom stereocenters. The third-order valence-electron chi connectivity index (χ3n) is 9.81. The maximum Gasteiger partial charge on any atom is 0.333 e. The molecule has 8 unspecified atom stereocenters. The second-order valence-electron chi connectivity index (χ2n) is 12.0. The minimum Gasteiger partial charge on any atom is -0.453 e. The van der Waals surface area contributed by atoms with Gasteiger partial charge in [-0.05, 0) is 47.6 Å². The van der Waals surface area contributed by atoms with E-state index in [4.69, 9.17) is 9.47 Å². The Balaban J connectivity index is 1.56. The van der Waals surface area contributed by atoms with Gasteiger partial charge in [0, 0.05) is 29.6 Å². The van der Waals surface area contributed by atoms with Crippen LogP contribution in [-0.4, -0.2) is 50.9 Å². The van der Waals surface area contributed by atoms with Crippen molar-refractivity contribution >= 4 is 18.0 Å². The smallest absolute Gasteiger partial charge is 0.333 e. The van der Waals surface area contributed by atoms with Gasteiger partial charge in [0.25, 0.3) is 0 Å². The van der Waals surface area contributed by atoms with Crippen molar-refractivity contribution in [3.8, 4) is 0 Å². The van der Waals surface area contributed by atoms with Crippen LogP contribution in [0.25, 0.3) is 6.08 Å². The number of carbonyl (C=O) groups excluding carboxylic acids is 2. The van der Waals surface area contributed by atoms with Crippen molar-refractivity contribution in [2.45, 2.75) is 77.0 Å². The molecule has 0 radical (unpaired) electrons. The molecule has 194 valence electrons. The van der Waals surface area contributed by atoms with Crippen molar-refractivity contribution in [3.63, 3.8) is 0 Å². The third-order valence-corrected chi connectivity index (χ3v) is 9.81. The maximum absolute atomic E-state index is 13.0. The van der Waals surface area contributed by atoms with Crippen molar-refractivity contribution < 1.29 is 34.4 Å². The summed E-state index contributed by atoms with van der Waals surface area (Å²) in [6, 6.07) is 9.35. The lowest BCUT2D eigenvalue weighted by Gasteiger charge is -2.69. The molecule has 3 saturated carbocycles. The Hall–Kier alpha value is -2.48. The fourth-order valence-corrected chi connectivity index (χ4v) is 8.04. The number of benzene rings is 1. The first-order valence-electron chi connectivity index (χ1n) is 12.9. The summed E-state index contributed by atoms with van der Waals surface area (Å²) in [5.41, 5.74) is -1.80. The van der Waals surface area contributed by atoms with Crippen LogP contribution in [0.5, 0.6) is 0 Å². The fourth-order valence-electron chi connectivity index (χ4n) is 8.04. The maximum atomic E-state index is 13.0. The molecule has 36 heavy (non-hydrogen) atoms. The summed E-state index contributed by atoms with van der Waals surface area (Å²) < 4.78 is 11.3. The summed E-state index contributed by atoms with van der Waals surface area (Å²) in [4.78, 5) is 25.2. The normalized spacial score (nSPS) is 43.1. The molecule has 0 spiro atoms. The van der Waals surface area contributed by atoms with E-state index in [1.807, 2.05) is 58.0 Å². The Morgan fingerprint density at radius 2 is 1.83 bits per heavy atom. The predicted molar refractivity (Wildman–Crippen MR) is 132 cm³/mol. The zero-order chi connectivity index (χ0) is 26.1. The van der Waals surface area contributed by atoms with Gasteiger partial charge in [0.05, 0.1) is 6.10 Å². The number of esters is 2. The number of aliphatic hydroxyl groups excluding tert-OH is 1. The SMILES string of the molecule is CC1C2=CC(=O)OC2(O)CC2C1C(O)C(OC(=O)C=Cc1ccccc1)C1(O)C(C)(C)CCCC21C. The van der Waals surface area contributed by atoms with Crippen LogP contribution in [0.1, 0.15) is 58.9 Å². The molecule has 0 aromatic heterocycles. The monoisotopic (exact) mass is 496 g/mol. The Labute approximate surface area is 211 Å². The zero-order valence-corrected chi connectivity index (χ0v) is 21.3. The van der Waals surface area contributed by atoms with Gasteiger partial charge in [0.15, 0.2) is 6.10 Å². The van der Waals surface area contributed by atoms with Crippen LogP contribution in [-0.2, 0) is 19.1 Å². The van der Waals surface area contributed by atoms with Gasteiger partial charge in [-0.3, -0.25) is 0 Å². The summed E-state index contributed by atoms with van der Waals surface area (Å²) in [5.74, 6) is -4.22. The lowest BCUT2D eigenvalue weighted by Crippen LogP contribution is -2.77. The van der Waals surface area contributed by atoms with Crippen LogP contribution in [0.15, 0.2) is 48.1 Å². The quantitative estimate of drug-likeness (QED) is 0.434. The first-order chi connectivity index (χ1) is 16.8. The van der Waals surface area contributed by atoms with Gasteiger partial charge in [-0.15, -0.1) is 0 Å². The zero-order valence-electron chi connectivity index (χ0n) is 21.3. The highest BCUT2D eigenvalue weighted by Crippen LogP contribution is 2.68. The summed E-state index contributed by atoms with van der Waals surface area (Å²) in [5, 5.41) is 35.7. The van der Waals surface area contributed by atoms with E-state index in [2.05, 4.69) is 0 Å². The van der Waals surface area contributed by atoms with Gasteiger partial charge in [0.1, 0.15) is 5.60 Å². The average Bonchev–Trinajstić information content (AvgIpc) is 3.13. The van der Waals surface area contributed by atoms with E-state index in [0.29, 0.717) is 18.4 Å². The van der Waals surface area contributed by atoms with Crippen LogP contribution >= 0.6 is 0 Å². The molecule has 5 rings (SSSR count). The standard InChI is InChI=1S/C29H36O7/c1-17-19-15-22(31)36-28(19,33)16-20-23(17)24(32)25(29(34)26(2,3)13-8-14-27(20,29)4)35-21(30)12-11-18-9-6-5-7-10-18/h5-7,9-12,15,17,20,23-25,32-34H,8,13-14,16H2,1-4H3. The number of fused-ring (bicyclic) bond motifs is 4. The molecule has 4 aliphatic rings. The summed E-state index contributed by atoms with van der Waals surface area (Å²) in [6.45, 7) is 7.72. The van der Waals surface area contributed by atoms with E-state index in [-0.39, 0.29) is 12.3 Å². The topological polar surface area (TPSA) is 113 Å². The van der Waals surface area contributed by atoms with E-state index >= 15 is 0 Å². The lowest BCUT2D eigenvalue weighted by atomic mass is 9.39. The molecular formula is C29H36O7. The van der Waals surface area contributed by atoms with Crippen molar-refractivity contribution in [1.29, 1.82) is 0 Å². The fraction of sp³-hybridized carbons (Fsp3) is 0.586. The van der Waals surface area contributed by atoms with Crippen LogP contribution in [0, 0.1) is 28.6 Å². The highest BCUT2D eigenvalue weighted by Gasteiger charge is 2.74. The van der Waals surface area contributed by atoms with Gasteiger partial charge in [-0.1, -0.05) is 64.4 Å². The van der Waals surface area contributed by atoms with E-state index in [9.17, 15) is 24.9 Å². The van der Waals surface area contributed by atoms with Crippen molar-refractivity contribution in [2.75, 3.05) is 0 Å². The summed E-state index contributed by atoms with van der Waals surface area (Å²) >= 11 is 0. The molecule has 3 fully saturated rings. The van der Waals surface area contributed by atoms with Gasteiger partial charge in [-0.2, -0.15) is 0 Å². The minimum absolute atomic E-state index is 0.0834. The predicted octanol–water partition coefficient (Wildman–Crippen LogP) is 3.38. The third kappa shape index (κ3) is 3.43. The Morgan fingerprint density at radius 3 is 2.53 bits per heavy atom. The highest BCUT2D eigenvalue weighted by molar-refractivity contribution is 5.87. The molecular weight excluding hydrogens is 460 g/mol. The minimum atomic E-state index is -1.75. The van der Waals surface area contributed by atoms with Crippen LogP contribution in [0.2, 0.25) is 0 Å². The number of hydrogen-bond acceptors (Lipinski definition) is 7. The van der Waals surface area contributed by atoms with E-state index in [0.717, 1.165) is 12.0 Å². The van der Waals surface area contributed by atoms with Gasteiger partial charge >= 0.3 is 11.9 Å². The molecule has 1 aliphatic heterocycles. The average molecular weight is 497 g/mol. The van der Waals surface area contributed by atoms with E-state index < -0.39 is 58.2 Å². The number of carbonyl (C=O) groups is 2. The van der Waals surface area contributed by atoms with Gasteiger partial charge in [0.2, 0.25) is 5.79 Å². The number of rotatable bonds is 3. The van der Waals surface area contributed by atoms with E-state index in [1.54, 1.807) is 6.08 Å². The molecule has 3 aliphatic carbocycles. The van der Waals surface area contributed by atoms with Crippen molar-refractivity contribution in [1.82, 2.24) is 0 Å². The van der Waals surface area contributed by atoms with Gasteiger partial charge in [-0.25, -0.2) is 9.59 Å². The molecule has 3 N–H and O–H groups in total. The molecule has 1 heterocycles. The largest absolute Gasteiger partial charge is 0.453 e. The van der Waals surface area contributed by atoms with E-state index in [1.165, 1.54) is 12.2 Å². The molecule has 0 saturated heterocycles. The Morgan fingerprint density at radius 1 is 1.14 bits per heavy atom. The number of aliphatic hydroxyl groups is 3. The van der Waals surface area contributed by atoms with Crippen LogP contribution < -0.4 is 0 Å². The summed E-state index contributed by atoms with van der Waals surface area (Å²) in [6.07, 6.45) is 4.14. The number of ether oxygens (including phenoxy) is 2. The first kappa shape index (κ1) is 25.2. The van der Waals surface area contributed by atoms with Crippen LogP contribution in [0.3, 0.4) is 0 Å². The molecule has 7 nitrogen and oxygen atoms in total. The molecule has 7 heteroatoms. The van der Waals surface area contributed by atoms with Gasteiger partial charge < -0.3 is 24.8 Å². The highest BCUT2D eigenvalue weighted by atomic mass is 16.7. The second-order valence-corrected chi connectivity index (χ2v) is 12.0. The molecule has 0 amide bonds. The second kappa shape index (κ2) is 8.27. The van der Waals surface area contributed by atoms with Crippen molar-refractivity contribution in [3.05, 3.63) is 53.6 Å². The molecule has 0 bridgehead atoms. The van der Waals surface area contributed by atoms with Crippen molar-refractivity contribution in [2.24, 2.45) is 28.6 Å². The lowest BCUT2D eigenvalue weighted by molar-refractivity contribution is -0.330. The Kier molecular flexibility index (Phi) is 5.78. The number of hydrogen-bond donors (Lipinski definition) is 3. The molecule has 1 aromatic rings. The Bertz CT molecular complexity index is 1120. The first-order valence-corrected chi connectivity index (χ1v) is 12.9. The molecule has 1 aromatic carbocycles. The summed E-state index contributed by atoms with van der Waals surface area (Å²) in [7, 11) is 0.